The average molecular weight is 254 g/mol. The van der Waals surface area contributed by atoms with Gasteiger partial charge in [-0.15, -0.1) is 0 Å². The molecule has 0 aromatic rings. The van der Waals surface area contributed by atoms with E-state index in [4.69, 9.17) is 0 Å². The normalized spacial score (nSPS) is 13.0. The first-order valence-corrected chi connectivity index (χ1v) is 5.64. The fraction of sp³-hybridized carbons (Fsp3) is 0.909. The van der Waals surface area contributed by atoms with Crippen LogP contribution in [0.25, 0.3) is 0 Å². The molecule has 0 fully saturated rings. The standard InChI is InChI=1S/C11H21F3N2O/c1-6-15-10(4,5)9(17)16(8(2)3)7-11(12,13)14/h8,15H,6-7H2,1-5H3. The van der Waals surface area contributed by atoms with Crippen LogP contribution in [0.15, 0.2) is 0 Å². The minimum atomic E-state index is -4.37. The van der Waals surface area contributed by atoms with E-state index < -0.39 is 30.2 Å². The van der Waals surface area contributed by atoms with E-state index in [2.05, 4.69) is 5.32 Å². The van der Waals surface area contributed by atoms with E-state index in [0.29, 0.717) is 6.54 Å². The van der Waals surface area contributed by atoms with Crippen molar-refractivity contribution >= 4 is 5.91 Å². The third-order valence-electron chi connectivity index (χ3n) is 2.39. The van der Waals surface area contributed by atoms with E-state index in [1.165, 1.54) is 0 Å². The minimum Gasteiger partial charge on any atom is -0.330 e. The molecule has 6 heteroatoms. The minimum absolute atomic E-state index is 0.484. The second-order valence-corrected chi connectivity index (χ2v) is 4.80. The summed E-state index contributed by atoms with van der Waals surface area (Å²) in [4.78, 5) is 12.9. The number of halogens is 3. The van der Waals surface area contributed by atoms with Crippen molar-refractivity contribution in [2.75, 3.05) is 13.1 Å². The van der Waals surface area contributed by atoms with Crippen molar-refractivity contribution in [2.24, 2.45) is 0 Å². The summed E-state index contributed by atoms with van der Waals surface area (Å²) in [5.41, 5.74) is -0.982. The number of amides is 1. The molecule has 0 aliphatic carbocycles. The Morgan fingerprint density at radius 3 is 2.06 bits per heavy atom. The molecule has 102 valence electrons. The van der Waals surface area contributed by atoms with Gasteiger partial charge in [-0.1, -0.05) is 6.92 Å². The zero-order valence-corrected chi connectivity index (χ0v) is 11.0. The summed E-state index contributed by atoms with van der Waals surface area (Å²) >= 11 is 0. The number of carbonyl (C=O) groups is 1. The average Bonchev–Trinajstić information content (AvgIpc) is 2.11. The summed E-state index contributed by atoms with van der Waals surface area (Å²) in [5.74, 6) is -0.535. The maximum Gasteiger partial charge on any atom is 0.406 e. The number of hydrogen-bond donors (Lipinski definition) is 1. The van der Waals surface area contributed by atoms with Crippen molar-refractivity contribution < 1.29 is 18.0 Å². The topological polar surface area (TPSA) is 32.3 Å². The van der Waals surface area contributed by atoms with Crippen molar-refractivity contribution in [3.8, 4) is 0 Å². The smallest absolute Gasteiger partial charge is 0.330 e. The zero-order valence-electron chi connectivity index (χ0n) is 11.0. The maximum atomic E-state index is 12.4. The molecule has 0 unspecified atom stereocenters. The van der Waals surface area contributed by atoms with E-state index in [1.54, 1.807) is 34.6 Å². The Hall–Kier alpha value is -0.780. The largest absolute Gasteiger partial charge is 0.406 e. The Balaban J connectivity index is 4.90. The van der Waals surface area contributed by atoms with Gasteiger partial charge in [-0.2, -0.15) is 13.2 Å². The first-order chi connectivity index (χ1) is 7.51. The molecule has 1 amide bonds. The Labute approximate surface area is 100 Å². The summed E-state index contributed by atoms with van der Waals surface area (Å²) in [7, 11) is 0. The quantitative estimate of drug-likeness (QED) is 0.815. The fourth-order valence-corrected chi connectivity index (χ4v) is 1.56. The highest BCUT2D eigenvalue weighted by atomic mass is 19.4. The Kier molecular flexibility index (Phi) is 5.45. The molecule has 0 saturated heterocycles. The molecule has 3 nitrogen and oxygen atoms in total. The molecule has 0 aliphatic heterocycles. The highest BCUT2D eigenvalue weighted by molar-refractivity contribution is 5.85. The molecule has 0 rings (SSSR count). The van der Waals surface area contributed by atoms with Gasteiger partial charge in [0.15, 0.2) is 0 Å². The van der Waals surface area contributed by atoms with Gasteiger partial charge in [0.05, 0.1) is 5.54 Å². The lowest BCUT2D eigenvalue weighted by Gasteiger charge is -2.35. The van der Waals surface area contributed by atoms with Gasteiger partial charge in [-0.05, 0) is 34.2 Å². The van der Waals surface area contributed by atoms with E-state index in [0.717, 1.165) is 4.90 Å². The molecule has 0 bridgehead atoms. The molecule has 0 spiro atoms. The van der Waals surface area contributed by atoms with E-state index >= 15 is 0 Å². The number of nitrogens with zero attached hydrogens (tertiary/aromatic N) is 1. The number of alkyl halides is 3. The van der Waals surface area contributed by atoms with Crippen LogP contribution in [0.5, 0.6) is 0 Å². The molecule has 0 radical (unpaired) electrons. The van der Waals surface area contributed by atoms with Crippen molar-refractivity contribution in [1.82, 2.24) is 10.2 Å². The van der Waals surface area contributed by atoms with Crippen LogP contribution >= 0.6 is 0 Å². The summed E-state index contributed by atoms with van der Waals surface area (Å²) < 4.78 is 37.2. The first kappa shape index (κ1) is 16.2. The molecule has 0 aromatic carbocycles. The summed E-state index contributed by atoms with van der Waals surface area (Å²) in [6.07, 6.45) is -4.37. The second kappa shape index (κ2) is 5.71. The lowest BCUT2D eigenvalue weighted by Crippen LogP contribution is -2.57. The van der Waals surface area contributed by atoms with Crippen molar-refractivity contribution in [1.29, 1.82) is 0 Å². The van der Waals surface area contributed by atoms with Gasteiger partial charge < -0.3 is 10.2 Å². The first-order valence-electron chi connectivity index (χ1n) is 5.64. The molecule has 0 saturated carbocycles. The van der Waals surface area contributed by atoms with Crippen molar-refractivity contribution in [3.05, 3.63) is 0 Å². The van der Waals surface area contributed by atoms with Gasteiger partial charge in [-0.3, -0.25) is 4.79 Å². The molecule has 0 atom stereocenters. The van der Waals surface area contributed by atoms with Crippen LogP contribution in [-0.2, 0) is 4.79 Å². The number of rotatable bonds is 5. The van der Waals surface area contributed by atoms with Crippen molar-refractivity contribution in [2.45, 2.75) is 52.4 Å². The third-order valence-corrected chi connectivity index (χ3v) is 2.39. The van der Waals surface area contributed by atoms with Gasteiger partial charge in [0.2, 0.25) is 5.91 Å². The molecular formula is C11H21F3N2O. The molecule has 1 N–H and O–H groups in total. The third kappa shape index (κ3) is 5.39. The summed E-state index contributed by atoms with van der Waals surface area (Å²) in [6.45, 7) is 7.44. The van der Waals surface area contributed by atoms with E-state index in [1.807, 2.05) is 0 Å². The van der Waals surface area contributed by atoms with Gasteiger partial charge >= 0.3 is 6.18 Å². The van der Waals surface area contributed by atoms with Crippen LogP contribution in [-0.4, -0.2) is 41.7 Å². The summed E-state index contributed by atoms with van der Waals surface area (Å²) in [6, 6.07) is -0.484. The highest BCUT2D eigenvalue weighted by Gasteiger charge is 2.39. The molecule has 0 aromatic heterocycles. The Morgan fingerprint density at radius 1 is 1.29 bits per heavy atom. The monoisotopic (exact) mass is 254 g/mol. The maximum absolute atomic E-state index is 12.4. The van der Waals surface area contributed by atoms with Crippen LogP contribution in [0, 0.1) is 0 Å². The van der Waals surface area contributed by atoms with Crippen LogP contribution in [0.2, 0.25) is 0 Å². The lowest BCUT2D eigenvalue weighted by atomic mass is 10.0. The SMILES string of the molecule is CCNC(C)(C)C(=O)N(CC(F)(F)F)C(C)C. The second-order valence-electron chi connectivity index (χ2n) is 4.80. The van der Waals surface area contributed by atoms with Gasteiger partial charge in [-0.25, -0.2) is 0 Å². The molecular weight excluding hydrogens is 233 g/mol. The molecule has 0 heterocycles. The van der Waals surface area contributed by atoms with Gasteiger partial charge in [0, 0.05) is 6.04 Å². The Morgan fingerprint density at radius 2 is 1.76 bits per heavy atom. The number of hydrogen-bond acceptors (Lipinski definition) is 2. The number of nitrogens with one attached hydrogen (secondary N) is 1. The number of likely N-dealkylation sites (N-methyl/N-ethyl adjacent to an activating group) is 1. The molecule has 17 heavy (non-hydrogen) atoms. The van der Waals surface area contributed by atoms with E-state index in [9.17, 15) is 18.0 Å². The summed E-state index contributed by atoms with van der Waals surface area (Å²) in [5, 5.41) is 2.88. The lowest BCUT2D eigenvalue weighted by molar-refractivity contribution is -0.168. The van der Waals surface area contributed by atoms with E-state index in [-0.39, 0.29) is 0 Å². The van der Waals surface area contributed by atoms with Crippen LogP contribution in [0.4, 0.5) is 13.2 Å². The predicted octanol–water partition coefficient (Wildman–Crippen LogP) is 2.17. The predicted molar refractivity (Wildman–Crippen MR) is 60.7 cm³/mol. The highest BCUT2D eigenvalue weighted by Crippen LogP contribution is 2.20. The van der Waals surface area contributed by atoms with Gasteiger partial charge in [0.25, 0.3) is 0 Å². The van der Waals surface area contributed by atoms with Crippen molar-refractivity contribution in [3.63, 3.8) is 0 Å². The van der Waals surface area contributed by atoms with Gasteiger partial charge in [0.1, 0.15) is 6.54 Å². The van der Waals surface area contributed by atoms with Crippen LogP contribution < -0.4 is 5.32 Å². The Bertz CT molecular complexity index is 262. The van der Waals surface area contributed by atoms with Crippen LogP contribution in [0.3, 0.4) is 0 Å². The molecule has 0 aliphatic rings. The zero-order chi connectivity index (χ0) is 13.9. The number of carbonyl (C=O) groups excluding carboxylic acids is 1. The van der Waals surface area contributed by atoms with Crippen LogP contribution in [0.1, 0.15) is 34.6 Å². The fourth-order valence-electron chi connectivity index (χ4n) is 1.56.